The number of hydroxylamine groups is 1. The van der Waals surface area contributed by atoms with Crippen LogP contribution >= 0.6 is 0 Å². The highest BCUT2D eigenvalue weighted by Gasteiger charge is 2.39. The maximum absolute atomic E-state index is 12.8. The number of imide groups is 1. The monoisotopic (exact) mass is 476 g/mol. The first-order chi connectivity index (χ1) is 16.9. The molecule has 35 heavy (non-hydrogen) atoms. The maximum Gasteiger partial charge on any atom is 0.319 e. The molecule has 2 unspecified atom stereocenters. The van der Waals surface area contributed by atoms with E-state index in [0.717, 1.165) is 16.7 Å². The first-order valence-corrected chi connectivity index (χ1v) is 11.2. The van der Waals surface area contributed by atoms with Crippen molar-refractivity contribution in [2.75, 3.05) is 5.32 Å². The molecule has 1 saturated heterocycles. The Hall–Kier alpha value is -4.25. The fourth-order valence-corrected chi connectivity index (χ4v) is 4.38. The zero-order valence-electron chi connectivity index (χ0n) is 19.0. The Morgan fingerprint density at radius 2 is 2.06 bits per heavy atom. The Bertz CT molecular complexity index is 1260. The first-order valence-electron chi connectivity index (χ1n) is 11.2. The van der Waals surface area contributed by atoms with E-state index in [4.69, 9.17) is 4.84 Å². The van der Waals surface area contributed by atoms with Crippen molar-refractivity contribution in [2.24, 2.45) is 4.99 Å². The predicted molar refractivity (Wildman–Crippen MR) is 125 cm³/mol. The summed E-state index contributed by atoms with van der Waals surface area (Å²) in [5, 5.41) is 7.90. The molecule has 3 aliphatic heterocycles. The van der Waals surface area contributed by atoms with Crippen LogP contribution in [0.1, 0.15) is 53.0 Å². The number of fused-ring (bicyclic) bond motifs is 1. The third-order valence-electron chi connectivity index (χ3n) is 6.10. The summed E-state index contributed by atoms with van der Waals surface area (Å²) in [6.45, 7) is 2.34. The van der Waals surface area contributed by atoms with Crippen molar-refractivity contribution in [2.45, 2.75) is 45.1 Å². The van der Waals surface area contributed by atoms with Gasteiger partial charge in [0.15, 0.2) is 0 Å². The van der Waals surface area contributed by atoms with Crippen molar-refractivity contribution in [1.29, 1.82) is 0 Å². The second kappa shape index (κ2) is 9.18. The van der Waals surface area contributed by atoms with Crippen LogP contribution in [0, 0.1) is 0 Å². The molecule has 3 heterocycles. The number of hydrogen-bond acceptors (Lipinski definition) is 7. The number of carbonyl (C=O) groups excluding carboxylic acids is 4. The van der Waals surface area contributed by atoms with Crippen molar-refractivity contribution >= 4 is 35.3 Å². The molecule has 0 spiro atoms. The highest BCUT2D eigenvalue weighted by molar-refractivity contribution is 6.05. The van der Waals surface area contributed by atoms with E-state index in [1.165, 1.54) is 4.90 Å². The molecule has 2 aromatic carbocycles. The molecule has 2 atom stereocenters. The summed E-state index contributed by atoms with van der Waals surface area (Å²) < 4.78 is 0. The van der Waals surface area contributed by atoms with E-state index in [0.29, 0.717) is 23.5 Å². The lowest BCUT2D eigenvalue weighted by Crippen LogP contribution is -2.52. The van der Waals surface area contributed by atoms with Crippen molar-refractivity contribution in [3.63, 3.8) is 0 Å². The molecular formula is C24H24N6O5. The lowest BCUT2D eigenvalue weighted by molar-refractivity contribution is -0.136. The summed E-state index contributed by atoms with van der Waals surface area (Å²) in [7, 11) is 0. The fraction of sp³-hybridized carbons (Fsp3) is 0.292. The number of carbonyl (C=O) groups is 4. The molecule has 4 N–H and O–H groups in total. The average Bonchev–Trinajstić information content (AvgIpc) is 3.41. The number of benzene rings is 2. The quantitative estimate of drug-likeness (QED) is 0.484. The van der Waals surface area contributed by atoms with Crippen LogP contribution in [0.5, 0.6) is 0 Å². The van der Waals surface area contributed by atoms with Gasteiger partial charge in [-0.3, -0.25) is 25.2 Å². The highest BCUT2D eigenvalue weighted by Crippen LogP contribution is 2.28. The van der Waals surface area contributed by atoms with Crippen LogP contribution < -0.4 is 21.4 Å². The van der Waals surface area contributed by atoms with E-state index in [2.05, 4.69) is 26.4 Å². The molecule has 0 radical (unpaired) electrons. The number of amidine groups is 1. The largest absolute Gasteiger partial charge is 0.334 e. The Balaban J connectivity index is 1.18. The Kier molecular flexibility index (Phi) is 5.91. The van der Waals surface area contributed by atoms with Crippen LogP contribution in [0.4, 0.5) is 10.5 Å². The van der Waals surface area contributed by atoms with Gasteiger partial charge in [-0.25, -0.2) is 14.6 Å². The van der Waals surface area contributed by atoms with Crippen molar-refractivity contribution in [3.8, 4) is 0 Å². The molecule has 0 aromatic heterocycles. The van der Waals surface area contributed by atoms with Crippen LogP contribution in [0.3, 0.4) is 0 Å². The second-order valence-corrected chi connectivity index (χ2v) is 8.61. The Morgan fingerprint density at radius 1 is 1.20 bits per heavy atom. The van der Waals surface area contributed by atoms with Crippen LogP contribution in [-0.4, -0.2) is 40.5 Å². The van der Waals surface area contributed by atoms with Gasteiger partial charge in [-0.05, 0) is 42.7 Å². The van der Waals surface area contributed by atoms with Crippen molar-refractivity contribution < 1.29 is 24.0 Å². The predicted octanol–water partition coefficient (Wildman–Crippen LogP) is 1.72. The third kappa shape index (κ3) is 4.71. The van der Waals surface area contributed by atoms with Crippen molar-refractivity contribution in [1.82, 2.24) is 21.0 Å². The van der Waals surface area contributed by atoms with E-state index in [1.807, 2.05) is 18.2 Å². The normalized spacial score (nSPS) is 21.2. The topological polar surface area (TPSA) is 141 Å². The molecule has 0 saturated carbocycles. The number of hydrogen-bond donors (Lipinski definition) is 4. The molecule has 11 nitrogen and oxygen atoms in total. The number of nitrogens with one attached hydrogen (secondary N) is 4. The number of aliphatic imine (C=N–C) groups is 1. The summed E-state index contributed by atoms with van der Waals surface area (Å²) in [4.78, 5) is 60.1. The van der Waals surface area contributed by atoms with Gasteiger partial charge in [0.25, 0.3) is 5.91 Å². The molecule has 5 amide bonds. The summed E-state index contributed by atoms with van der Waals surface area (Å²) in [5.74, 6) is -0.307. The van der Waals surface area contributed by atoms with E-state index >= 15 is 0 Å². The zero-order chi connectivity index (χ0) is 24.5. The number of amides is 5. The van der Waals surface area contributed by atoms with E-state index < -0.39 is 18.2 Å². The molecule has 0 bridgehead atoms. The van der Waals surface area contributed by atoms with Crippen LogP contribution in [0.25, 0.3) is 0 Å². The zero-order valence-corrected chi connectivity index (χ0v) is 19.0. The molecule has 0 aliphatic carbocycles. The van der Waals surface area contributed by atoms with Crippen LogP contribution in [-0.2, 0) is 27.5 Å². The maximum atomic E-state index is 12.8. The third-order valence-corrected chi connectivity index (χ3v) is 6.10. The first kappa shape index (κ1) is 22.5. The van der Waals surface area contributed by atoms with Gasteiger partial charge in [-0.1, -0.05) is 24.3 Å². The van der Waals surface area contributed by atoms with E-state index in [-0.39, 0.29) is 37.4 Å². The minimum absolute atomic E-state index is 0.209. The van der Waals surface area contributed by atoms with E-state index in [9.17, 15) is 19.2 Å². The lowest BCUT2D eigenvalue weighted by Gasteiger charge is -2.29. The van der Waals surface area contributed by atoms with Gasteiger partial charge in [0.1, 0.15) is 11.9 Å². The van der Waals surface area contributed by atoms with Gasteiger partial charge in [-0.15, -0.1) is 0 Å². The number of anilines is 1. The van der Waals surface area contributed by atoms with Gasteiger partial charge in [-0.2, -0.15) is 0 Å². The molecule has 1 fully saturated rings. The number of nitrogens with zero attached hydrogens (tertiary/aromatic N) is 2. The van der Waals surface area contributed by atoms with Crippen LogP contribution in [0.2, 0.25) is 0 Å². The van der Waals surface area contributed by atoms with E-state index in [1.54, 1.807) is 31.2 Å². The van der Waals surface area contributed by atoms with Gasteiger partial charge in [0.05, 0.1) is 0 Å². The van der Waals surface area contributed by atoms with Crippen LogP contribution in [0.15, 0.2) is 47.5 Å². The Labute approximate surface area is 200 Å². The average molecular weight is 476 g/mol. The molecule has 3 aliphatic rings. The standard InChI is InChI=1S/C24H24N6O5/c1-13-26-22(35-29-13)15-3-2-4-17(10-15)27-24(34)25-11-14-5-6-18-16(9-14)12-30(23(18)33)19-7-8-20(31)28-21(19)32/h2-6,9-10,19,22H,7-8,11-12H2,1H3,(H,26,29)(H2,25,27,34)(H,28,31,32). The smallest absolute Gasteiger partial charge is 0.319 e. The minimum atomic E-state index is -0.657. The van der Waals surface area contributed by atoms with Gasteiger partial charge in [0.2, 0.25) is 18.0 Å². The summed E-state index contributed by atoms with van der Waals surface area (Å²) in [5.41, 5.74) is 6.24. The molecular weight excluding hydrogens is 452 g/mol. The van der Waals surface area contributed by atoms with Gasteiger partial charge >= 0.3 is 6.03 Å². The highest BCUT2D eigenvalue weighted by atomic mass is 16.7. The van der Waals surface area contributed by atoms with Gasteiger partial charge < -0.3 is 15.5 Å². The molecule has 180 valence electrons. The number of urea groups is 1. The second-order valence-electron chi connectivity index (χ2n) is 8.61. The minimum Gasteiger partial charge on any atom is -0.334 e. The number of rotatable bonds is 5. The SMILES string of the molecule is CC1=NC(c2cccc(NC(=O)NCc3ccc4c(c3)CN(C3CCC(=O)NC3=O)C4=O)c2)ON1. The Morgan fingerprint density at radius 3 is 2.83 bits per heavy atom. The van der Waals surface area contributed by atoms with Gasteiger partial charge in [0, 0.05) is 36.3 Å². The fourth-order valence-electron chi connectivity index (χ4n) is 4.38. The lowest BCUT2D eigenvalue weighted by atomic mass is 10.0. The van der Waals surface area contributed by atoms with Crippen molar-refractivity contribution in [3.05, 3.63) is 64.7 Å². The summed E-state index contributed by atoms with van der Waals surface area (Å²) >= 11 is 0. The molecule has 5 rings (SSSR count). The molecule has 2 aromatic rings. The summed E-state index contributed by atoms with van der Waals surface area (Å²) in [6, 6.07) is 11.5. The number of piperidine rings is 1. The molecule has 11 heteroatoms. The summed E-state index contributed by atoms with van der Waals surface area (Å²) in [6.07, 6.45) is 0.0603.